The van der Waals surface area contributed by atoms with E-state index in [1.165, 1.54) is 48.6 Å². The van der Waals surface area contributed by atoms with Crippen LogP contribution in [0.25, 0.3) is 6.08 Å². The summed E-state index contributed by atoms with van der Waals surface area (Å²) in [5.41, 5.74) is 0.664. The fourth-order valence-corrected chi connectivity index (χ4v) is 1.98. The normalized spacial score (nSPS) is 10.6. The van der Waals surface area contributed by atoms with Gasteiger partial charge in [0.05, 0.1) is 10.6 Å². The molecule has 0 aliphatic carbocycles. The minimum absolute atomic E-state index is 0.0291. The van der Waals surface area contributed by atoms with Gasteiger partial charge in [-0.15, -0.1) is 0 Å². The Morgan fingerprint density at radius 1 is 1.23 bits per heavy atom. The fraction of sp³-hybridized carbons (Fsp3) is 0. The Kier molecular flexibility index (Phi) is 5.00. The second-order valence-electron chi connectivity index (χ2n) is 4.30. The second-order valence-corrected chi connectivity index (χ2v) is 5.21. The molecule has 0 unspecified atom stereocenters. The molecule has 7 heteroatoms. The van der Waals surface area contributed by atoms with E-state index in [9.17, 15) is 19.3 Å². The van der Waals surface area contributed by atoms with Gasteiger partial charge in [-0.2, -0.15) is 0 Å². The van der Waals surface area contributed by atoms with E-state index in [1.807, 2.05) is 0 Å². The number of halogens is 2. The van der Waals surface area contributed by atoms with Crippen LogP contribution in [-0.2, 0) is 4.79 Å². The average molecular weight is 365 g/mol. The Morgan fingerprint density at radius 3 is 2.50 bits per heavy atom. The Hall–Kier alpha value is -2.54. The zero-order valence-electron chi connectivity index (χ0n) is 11.1. The predicted molar refractivity (Wildman–Crippen MR) is 84.9 cm³/mol. The van der Waals surface area contributed by atoms with Crippen LogP contribution in [0.2, 0.25) is 0 Å². The molecule has 1 amide bonds. The quantitative estimate of drug-likeness (QED) is 0.503. The minimum Gasteiger partial charge on any atom is -0.320 e. The highest BCUT2D eigenvalue weighted by Gasteiger charge is 2.05. The minimum atomic E-state index is -0.550. The van der Waals surface area contributed by atoms with E-state index in [0.29, 0.717) is 10.0 Å². The number of carbonyl (C=O) groups is 1. The van der Waals surface area contributed by atoms with Gasteiger partial charge >= 0.3 is 0 Å². The number of anilines is 1. The molecule has 0 spiro atoms. The molecule has 1 N–H and O–H groups in total. The molecular weight excluding hydrogens is 355 g/mol. The first-order valence-electron chi connectivity index (χ1n) is 6.14. The lowest BCUT2D eigenvalue weighted by Crippen LogP contribution is -2.09. The number of hydrogen-bond acceptors (Lipinski definition) is 3. The van der Waals surface area contributed by atoms with Crippen molar-refractivity contribution in [1.29, 1.82) is 0 Å². The Morgan fingerprint density at radius 2 is 1.91 bits per heavy atom. The highest BCUT2D eigenvalue weighted by atomic mass is 79.9. The first-order chi connectivity index (χ1) is 10.5. The maximum Gasteiger partial charge on any atom is 0.269 e. The third kappa shape index (κ3) is 4.23. The lowest BCUT2D eigenvalue weighted by Gasteiger charge is -2.03. The molecule has 112 valence electrons. The molecular formula is C15H10BrFN2O3. The van der Waals surface area contributed by atoms with Crippen LogP contribution in [0, 0.1) is 15.9 Å². The molecule has 0 saturated heterocycles. The van der Waals surface area contributed by atoms with E-state index in [2.05, 4.69) is 21.2 Å². The van der Waals surface area contributed by atoms with Gasteiger partial charge in [-0.3, -0.25) is 14.9 Å². The number of nitrogens with zero attached hydrogens (tertiary/aromatic N) is 1. The van der Waals surface area contributed by atoms with Crippen molar-refractivity contribution >= 4 is 39.3 Å². The highest BCUT2D eigenvalue weighted by molar-refractivity contribution is 9.10. The summed E-state index contributed by atoms with van der Waals surface area (Å²) in [6.07, 6.45) is 2.71. The lowest BCUT2D eigenvalue weighted by atomic mass is 10.2. The van der Waals surface area contributed by atoms with Gasteiger partial charge in [0.15, 0.2) is 0 Å². The van der Waals surface area contributed by atoms with Crippen LogP contribution < -0.4 is 5.32 Å². The van der Waals surface area contributed by atoms with Crippen molar-refractivity contribution in [2.24, 2.45) is 0 Å². The first kappa shape index (κ1) is 15.8. The highest BCUT2D eigenvalue weighted by Crippen LogP contribution is 2.19. The molecule has 22 heavy (non-hydrogen) atoms. The van der Waals surface area contributed by atoms with Crippen molar-refractivity contribution in [3.05, 3.63) is 74.5 Å². The van der Waals surface area contributed by atoms with Crippen LogP contribution in [0.5, 0.6) is 0 Å². The Balaban J connectivity index is 2.03. The van der Waals surface area contributed by atoms with E-state index in [4.69, 9.17) is 0 Å². The van der Waals surface area contributed by atoms with Crippen molar-refractivity contribution in [2.75, 3.05) is 5.32 Å². The molecule has 0 bridgehead atoms. The first-order valence-corrected chi connectivity index (χ1v) is 6.93. The molecule has 0 atom stereocenters. The van der Waals surface area contributed by atoms with Crippen molar-refractivity contribution in [2.45, 2.75) is 0 Å². The summed E-state index contributed by atoms with van der Waals surface area (Å²) in [6, 6.07) is 10.0. The van der Waals surface area contributed by atoms with Crippen molar-refractivity contribution in [3.8, 4) is 0 Å². The number of hydrogen-bond donors (Lipinski definition) is 1. The molecule has 5 nitrogen and oxygen atoms in total. The van der Waals surface area contributed by atoms with Gasteiger partial charge in [0, 0.05) is 22.7 Å². The van der Waals surface area contributed by atoms with E-state index >= 15 is 0 Å². The van der Waals surface area contributed by atoms with Gasteiger partial charge in [0.2, 0.25) is 5.91 Å². The number of nitro benzene ring substituents is 1. The Labute approximate surface area is 133 Å². The monoisotopic (exact) mass is 364 g/mol. The van der Waals surface area contributed by atoms with Gasteiger partial charge in [0.25, 0.3) is 5.69 Å². The van der Waals surface area contributed by atoms with Crippen molar-refractivity contribution in [1.82, 2.24) is 0 Å². The molecule has 0 heterocycles. The van der Waals surface area contributed by atoms with E-state index in [0.717, 1.165) is 0 Å². The van der Waals surface area contributed by atoms with Crippen LogP contribution in [0.1, 0.15) is 5.56 Å². The number of non-ortho nitro benzene ring substituents is 1. The van der Waals surface area contributed by atoms with Crippen LogP contribution in [0.3, 0.4) is 0 Å². The van der Waals surface area contributed by atoms with Crippen LogP contribution >= 0.6 is 15.9 Å². The summed E-state index contributed by atoms with van der Waals surface area (Å²) >= 11 is 3.13. The number of carbonyl (C=O) groups excluding carboxylic acids is 1. The molecule has 0 aromatic heterocycles. The smallest absolute Gasteiger partial charge is 0.269 e. The number of nitro groups is 1. The van der Waals surface area contributed by atoms with E-state index < -0.39 is 16.6 Å². The summed E-state index contributed by atoms with van der Waals surface area (Å²) in [6.45, 7) is 0. The predicted octanol–water partition coefficient (Wildman–Crippen LogP) is 4.15. The molecule has 0 aliphatic heterocycles. The van der Waals surface area contributed by atoms with Gasteiger partial charge in [-0.25, -0.2) is 4.39 Å². The summed E-state index contributed by atoms with van der Waals surface area (Å²) < 4.78 is 14.1. The summed E-state index contributed by atoms with van der Waals surface area (Å²) in [5.74, 6) is -1.05. The Bertz CT molecular complexity index is 745. The molecule has 0 radical (unpaired) electrons. The van der Waals surface area contributed by atoms with Crippen LogP contribution in [0.15, 0.2) is 53.0 Å². The number of rotatable bonds is 4. The van der Waals surface area contributed by atoms with Gasteiger partial charge in [0.1, 0.15) is 5.82 Å². The van der Waals surface area contributed by atoms with Crippen molar-refractivity contribution in [3.63, 3.8) is 0 Å². The average Bonchev–Trinajstić information content (AvgIpc) is 2.48. The van der Waals surface area contributed by atoms with Crippen molar-refractivity contribution < 1.29 is 14.1 Å². The third-order valence-electron chi connectivity index (χ3n) is 2.72. The van der Waals surface area contributed by atoms with E-state index in [1.54, 1.807) is 6.07 Å². The number of nitrogens with one attached hydrogen (secondary N) is 1. The van der Waals surface area contributed by atoms with Crippen LogP contribution in [0.4, 0.5) is 15.8 Å². The van der Waals surface area contributed by atoms with Gasteiger partial charge < -0.3 is 5.32 Å². The lowest BCUT2D eigenvalue weighted by molar-refractivity contribution is -0.384. The fourth-order valence-electron chi connectivity index (χ4n) is 1.64. The number of amides is 1. The molecule has 2 aromatic rings. The molecule has 0 fully saturated rings. The van der Waals surface area contributed by atoms with E-state index in [-0.39, 0.29) is 11.4 Å². The van der Waals surface area contributed by atoms with Gasteiger partial charge in [-0.05, 0) is 42.0 Å². The molecule has 0 aliphatic rings. The summed E-state index contributed by atoms with van der Waals surface area (Å²) in [4.78, 5) is 21.7. The third-order valence-corrected chi connectivity index (χ3v) is 3.21. The standard InChI is InChI=1S/C15H10BrFN2O3/c16-11-4-7-14(13(17)9-11)18-15(20)8-3-10-1-5-12(6-2-10)19(21)22/h1-9H,(H,18,20). The maximum atomic E-state index is 13.6. The summed E-state index contributed by atoms with van der Waals surface area (Å²) in [7, 11) is 0. The van der Waals surface area contributed by atoms with Gasteiger partial charge in [-0.1, -0.05) is 15.9 Å². The zero-order valence-corrected chi connectivity index (χ0v) is 12.7. The number of benzene rings is 2. The second kappa shape index (κ2) is 6.95. The largest absolute Gasteiger partial charge is 0.320 e. The molecule has 0 saturated carbocycles. The molecule has 2 rings (SSSR count). The maximum absolute atomic E-state index is 13.6. The summed E-state index contributed by atoms with van der Waals surface area (Å²) in [5, 5.41) is 12.9. The molecule has 2 aromatic carbocycles. The zero-order chi connectivity index (χ0) is 16.1. The van der Waals surface area contributed by atoms with Crippen LogP contribution in [-0.4, -0.2) is 10.8 Å². The SMILES string of the molecule is O=C(C=Cc1ccc([N+](=O)[O-])cc1)Nc1ccc(Br)cc1F. The topological polar surface area (TPSA) is 72.2 Å².